The first-order valence-electron chi connectivity index (χ1n) is 5.88. The van der Waals surface area contributed by atoms with E-state index in [2.05, 4.69) is 0 Å². The number of aliphatic hydroxyl groups is 1. The first kappa shape index (κ1) is 12.1. The fourth-order valence-electron chi connectivity index (χ4n) is 2.31. The highest BCUT2D eigenvalue weighted by Crippen LogP contribution is 2.55. The number of benzene rings is 1. The lowest BCUT2D eigenvalue weighted by molar-refractivity contribution is -0.148. The van der Waals surface area contributed by atoms with Gasteiger partial charge in [0.2, 0.25) is 0 Å². The molecule has 3 heteroatoms. The third kappa shape index (κ3) is 1.75. The minimum atomic E-state index is -0.938. The van der Waals surface area contributed by atoms with Gasteiger partial charge in [0.1, 0.15) is 0 Å². The molecule has 0 radical (unpaired) electrons. The lowest BCUT2D eigenvalue weighted by atomic mass is 9.87. The molecule has 1 unspecified atom stereocenters. The highest BCUT2D eigenvalue weighted by atomic mass is 16.4. The molecule has 2 rings (SSSR count). The van der Waals surface area contributed by atoms with Crippen molar-refractivity contribution in [2.75, 3.05) is 0 Å². The zero-order valence-corrected chi connectivity index (χ0v) is 10.4. The summed E-state index contributed by atoms with van der Waals surface area (Å²) in [6.07, 6.45) is 0.241. The van der Waals surface area contributed by atoms with Crippen molar-refractivity contribution >= 4 is 5.97 Å². The average Bonchev–Trinajstić information content (AvgIpc) is 3.06. The van der Waals surface area contributed by atoms with Crippen molar-refractivity contribution in [1.29, 1.82) is 0 Å². The average molecular weight is 234 g/mol. The molecule has 1 aliphatic rings. The fraction of sp³-hybridized carbons (Fsp3) is 0.500. The highest BCUT2D eigenvalue weighted by molar-refractivity contribution is 5.79. The van der Waals surface area contributed by atoms with Gasteiger partial charge < -0.3 is 10.2 Å². The van der Waals surface area contributed by atoms with E-state index in [9.17, 15) is 15.0 Å². The van der Waals surface area contributed by atoms with Crippen LogP contribution in [-0.4, -0.2) is 16.2 Å². The molecule has 0 amide bonds. The number of rotatable bonds is 3. The minimum absolute atomic E-state index is 0.565. The lowest BCUT2D eigenvalue weighted by Gasteiger charge is -2.22. The fourth-order valence-corrected chi connectivity index (χ4v) is 2.31. The molecular formula is C14H18O3. The van der Waals surface area contributed by atoms with Crippen LogP contribution in [0, 0.1) is 26.2 Å². The van der Waals surface area contributed by atoms with Crippen molar-refractivity contribution in [3.8, 4) is 0 Å². The second-order valence-corrected chi connectivity index (χ2v) is 5.09. The summed E-state index contributed by atoms with van der Waals surface area (Å²) in [6.45, 7) is 5.96. The van der Waals surface area contributed by atoms with E-state index in [0.717, 1.165) is 16.7 Å². The molecule has 2 N–H and O–H groups in total. The van der Waals surface area contributed by atoms with Gasteiger partial charge in [0.05, 0.1) is 11.5 Å². The third-order valence-corrected chi connectivity index (χ3v) is 4.13. The molecule has 1 fully saturated rings. The van der Waals surface area contributed by atoms with Gasteiger partial charge in [0.15, 0.2) is 0 Å². The van der Waals surface area contributed by atoms with Crippen molar-refractivity contribution in [3.63, 3.8) is 0 Å². The van der Waals surface area contributed by atoms with Gasteiger partial charge in [-0.3, -0.25) is 4.79 Å². The number of aryl methyl sites for hydroxylation is 1. The highest BCUT2D eigenvalue weighted by Gasteiger charge is 2.56. The quantitative estimate of drug-likeness (QED) is 0.844. The molecule has 1 aliphatic carbocycles. The largest absolute Gasteiger partial charge is 0.481 e. The summed E-state index contributed by atoms with van der Waals surface area (Å²) in [5.74, 6) is -0.886. The Kier molecular flexibility index (Phi) is 2.74. The molecule has 0 aliphatic heterocycles. The van der Waals surface area contributed by atoms with Crippen molar-refractivity contribution in [2.45, 2.75) is 39.7 Å². The number of hydrogen-bond donors (Lipinski definition) is 2. The van der Waals surface area contributed by atoms with Gasteiger partial charge in [-0.05, 0) is 55.9 Å². The molecule has 0 saturated heterocycles. The summed E-state index contributed by atoms with van der Waals surface area (Å²) in [4.78, 5) is 11.2. The molecular weight excluding hydrogens is 216 g/mol. The van der Waals surface area contributed by atoms with Crippen molar-refractivity contribution in [2.24, 2.45) is 5.41 Å². The number of carbonyl (C=O) groups is 1. The smallest absolute Gasteiger partial charge is 0.312 e. The summed E-state index contributed by atoms with van der Waals surface area (Å²) >= 11 is 0. The maximum absolute atomic E-state index is 11.2. The van der Waals surface area contributed by atoms with Crippen molar-refractivity contribution in [1.82, 2.24) is 0 Å². The Hall–Kier alpha value is -1.35. The monoisotopic (exact) mass is 234 g/mol. The van der Waals surface area contributed by atoms with E-state index in [4.69, 9.17) is 0 Å². The molecule has 1 aromatic carbocycles. The summed E-state index contributed by atoms with van der Waals surface area (Å²) in [7, 11) is 0. The van der Waals surface area contributed by atoms with Crippen LogP contribution in [0.4, 0.5) is 0 Å². The summed E-state index contributed by atoms with van der Waals surface area (Å²) < 4.78 is 0. The maximum Gasteiger partial charge on any atom is 0.312 e. The zero-order chi connectivity index (χ0) is 12.8. The SMILES string of the molecule is Cc1ccc(C(O)C2(C(=O)O)CC2)c(C)c1C. The first-order chi connectivity index (χ1) is 7.90. The van der Waals surface area contributed by atoms with Gasteiger partial charge in [-0.25, -0.2) is 0 Å². The van der Waals surface area contributed by atoms with Crippen LogP contribution in [-0.2, 0) is 4.79 Å². The van der Waals surface area contributed by atoms with E-state index in [-0.39, 0.29) is 0 Å². The second-order valence-electron chi connectivity index (χ2n) is 5.09. The van der Waals surface area contributed by atoms with E-state index in [1.807, 2.05) is 32.9 Å². The van der Waals surface area contributed by atoms with E-state index in [1.54, 1.807) is 0 Å². The van der Waals surface area contributed by atoms with Crippen LogP contribution in [0.2, 0.25) is 0 Å². The molecule has 3 nitrogen and oxygen atoms in total. The van der Waals surface area contributed by atoms with Gasteiger partial charge >= 0.3 is 5.97 Å². The Balaban J connectivity index is 2.42. The summed E-state index contributed by atoms with van der Waals surface area (Å²) in [6, 6.07) is 3.80. The second kappa shape index (κ2) is 3.84. The lowest BCUT2D eigenvalue weighted by Crippen LogP contribution is -2.24. The summed E-state index contributed by atoms with van der Waals surface area (Å²) in [5.41, 5.74) is 3.12. The van der Waals surface area contributed by atoms with Crippen molar-refractivity contribution in [3.05, 3.63) is 34.4 Å². The Morgan fingerprint density at radius 1 is 1.24 bits per heavy atom. The third-order valence-electron chi connectivity index (χ3n) is 4.13. The Morgan fingerprint density at radius 3 is 2.29 bits per heavy atom. The molecule has 0 spiro atoms. The number of carboxylic acids is 1. The van der Waals surface area contributed by atoms with Crippen molar-refractivity contribution < 1.29 is 15.0 Å². The van der Waals surface area contributed by atoms with Gasteiger partial charge in [-0.15, -0.1) is 0 Å². The zero-order valence-electron chi connectivity index (χ0n) is 10.4. The molecule has 1 aromatic rings. The Bertz CT molecular complexity index is 473. The molecule has 0 bridgehead atoms. The van der Waals surface area contributed by atoms with E-state index < -0.39 is 17.5 Å². The topological polar surface area (TPSA) is 57.5 Å². The van der Waals surface area contributed by atoms with Gasteiger partial charge in [0.25, 0.3) is 0 Å². The molecule has 1 atom stereocenters. The molecule has 1 saturated carbocycles. The van der Waals surface area contributed by atoms with Crippen LogP contribution in [0.1, 0.15) is 41.2 Å². The molecule has 0 aromatic heterocycles. The van der Waals surface area contributed by atoms with Gasteiger partial charge in [0, 0.05) is 0 Å². The molecule has 17 heavy (non-hydrogen) atoms. The number of aliphatic carboxylic acids is 1. The predicted molar refractivity (Wildman–Crippen MR) is 64.9 cm³/mol. The minimum Gasteiger partial charge on any atom is -0.481 e. The normalized spacial score (nSPS) is 18.8. The van der Waals surface area contributed by atoms with Crippen LogP contribution in [0.15, 0.2) is 12.1 Å². The molecule has 92 valence electrons. The first-order valence-corrected chi connectivity index (χ1v) is 5.88. The van der Waals surface area contributed by atoms with Crippen LogP contribution < -0.4 is 0 Å². The standard InChI is InChI=1S/C14H18O3/c1-8-4-5-11(10(3)9(8)2)12(15)14(6-7-14)13(16)17/h4-5,12,15H,6-7H2,1-3H3,(H,16,17). The van der Waals surface area contributed by atoms with E-state index in [0.29, 0.717) is 12.8 Å². The predicted octanol–water partition coefficient (Wildman–Crippen LogP) is 2.51. The van der Waals surface area contributed by atoms with E-state index >= 15 is 0 Å². The number of aliphatic hydroxyl groups excluding tert-OH is 1. The summed E-state index contributed by atoms with van der Waals surface area (Å²) in [5, 5.41) is 19.5. The van der Waals surface area contributed by atoms with Gasteiger partial charge in [-0.2, -0.15) is 0 Å². The van der Waals surface area contributed by atoms with Gasteiger partial charge in [-0.1, -0.05) is 12.1 Å². The van der Waals surface area contributed by atoms with Crippen LogP contribution in [0.5, 0.6) is 0 Å². The molecule has 0 heterocycles. The van der Waals surface area contributed by atoms with Crippen LogP contribution in [0.25, 0.3) is 0 Å². The van der Waals surface area contributed by atoms with E-state index in [1.165, 1.54) is 5.56 Å². The Labute approximate surface area is 101 Å². The Morgan fingerprint density at radius 2 is 1.82 bits per heavy atom. The maximum atomic E-state index is 11.2. The van der Waals surface area contributed by atoms with Crippen LogP contribution in [0.3, 0.4) is 0 Å². The number of hydrogen-bond acceptors (Lipinski definition) is 2. The van der Waals surface area contributed by atoms with Crippen LogP contribution >= 0.6 is 0 Å². The number of carboxylic acid groups (broad SMARTS) is 1.